The van der Waals surface area contributed by atoms with Crippen molar-refractivity contribution in [1.29, 1.82) is 0 Å². The highest BCUT2D eigenvalue weighted by Crippen LogP contribution is 2.33. The highest BCUT2D eigenvalue weighted by molar-refractivity contribution is 6.30. The van der Waals surface area contributed by atoms with Crippen LogP contribution in [0.4, 0.5) is 13.2 Å². The molecule has 4 rings (SSSR count). The number of likely N-dealkylation sites (tertiary alicyclic amines) is 1. The molecule has 1 aromatic rings. The van der Waals surface area contributed by atoms with Crippen molar-refractivity contribution < 1.29 is 32.6 Å². The molecule has 0 spiro atoms. The quantitative estimate of drug-likeness (QED) is 0.723. The smallest absolute Gasteiger partial charge is 0.475 e. The predicted molar refractivity (Wildman–Crippen MR) is 103 cm³/mol. The second-order valence-electron chi connectivity index (χ2n) is 7.95. The molecule has 1 aromatic carbocycles. The van der Waals surface area contributed by atoms with Gasteiger partial charge in [-0.2, -0.15) is 13.2 Å². The molecule has 30 heavy (non-hydrogen) atoms. The summed E-state index contributed by atoms with van der Waals surface area (Å²) in [6, 6.07) is 8.00. The van der Waals surface area contributed by atoms with E-state index in [0.717, 1.165) is 43.5 Å². The van der Waals surface area contributed by atoms with E-state index in [-0.39, 0.29) is 24.0 Å². The molecule has 1 saturated carbocycles. The lowest BCUT2D eigenvalue weighted by molar-refractivity contribution is -0.192. The monoisotopic (exact) mass is 448 g/mol. The summed E-state index contributed by atoms with van der Waals surface area (Å²) < 4.78 is 37.8. The topological polar surface area (TPSA) is 78.9 Å². The van der Waals surface area contributed by atoms with Crippen LogP contribution in [-0.2, 0) is 20.9 Å². The van der Waals surface area contributed by atoms with E-state index in [0.29, 0.717) is 0 Å². The number of carboxylic acids is 1. The number of ether oxygens (including phenoxy) is 1. The van der Waals surface area contributed by atoms with Gasteiger partial charge in [0.1, 0.15) is 0 Å². The Morgan fingerprint density at radius 2 is 1.83 bits per heavy atom. The number of hydrogen-bond acceptors (Lipinski definition) is 4. The molecule has 1 aliphatic carbocycles. The third-order valence-electron chi connectivity index (χ3n) is 5.39. The Kier molecular flexibility index (Phi) is 7.26. The van der Waals surface area contributed by atoms with Crippen molar-refractivity contribution in [1.82, 2.24) is 10.2 Å². The van der Waals surface area contributed by atoms with Gasteiger partial charge in [-0.05, 0) is 42.9 Å². The Labute approximate surface area is 177 Å². The lowest BCUT2D eigenvalue weighted by Gasteiger charge is -2.32. The van der Waals surface area contributed by atoms with Crippen molar-refractivity contribution in [2.24, 2.45) is 11.8 Å². The number of carbonyl (C=O) groups is 2. The highest BCUT2D eigenvalue weighted by Gasteiger charge is 2.44. The number of nitrogens with one attached hydrogen (secondary N) is 1. The number of rotatable bonds is 5. The SMILES string of the molecule is O=C(NCC1CC1)[C@H]1C[C@@H]2CN(Cc3ccc(Cl)cc3)C[C@H]1O2.O=C(O)C(F)(F)F. The maximum atomic E-state index is 12.4. The minimum atomic E-state index is -5.08. The molecule has 3 fully saturated rings. The largest absolute Gasteiger partial charge is 0.490 e. The molecule has 10 heteroatoms. The van der Waals surface area contributed by atoms with E-state index in [1.54, 1.807) is 0 Å². The van der Waals surface area contributed by atoms with E-state index in [9.17, 15) is 18.0 Å². The minimum absolute atomic E-state index is 0.0222. The fourth-order valence-electron chi connectivity index (χ4n) is 3.69. The summed E-state index contributed by atoms with van der Waals surface area (Å²) >= 11 is 5.94. The Morgan fingerprint density at radius 1 is 1.20 bits per heavy atom. The van der Waals surface area contributed by atoms with Crippen LogP contribution in [-0.4, -0.2) is 59.9 Å². The van der Waals surface area contributed by atoms with Crippen LogP contribution in [0.1, 0.15) is 24.8 Å². The summed E-state index contributed by atoms with van der Waals surface area (Å²) in [5, 5.41) is 11.0. The summed E-state index contributed by atoms with van der Waals surface area (Å²) in [4.78, 5) is 23.7. The van der Waals surface area contributed by atoms with Crippen LogP contribution in [0.5, 0.6) is 0 Å². The van der Waals surface area contributed by atoms with Gasteiger partial charge in [0.25, 0.3) is 0 Å². The summed E-state index contributed by atoms with van der Waals surface area (Å²) in [6.45, 7) is 3.48. The van der Waals surface area contributed by atoms with Crippen molar-refractivity contribution in [3.8, 4) is 0 Å². The number of benzene rings is 1. The first kappa shape index (κ1) is 22.8. The number of alkyl halides is 3. The van der Waals surface area contributed by atoms with E-state index >= 15 is 0 Å². The summed E-state index contributed by atoms with van der Waals surface area (Å²) in [5.41, 5.74) is 1.26. The molecule has 0 radical (unpaired) electrons. The van der Waals surface area contributed by atoms with Crippen LogP contribution in [0.25, 0.3) is 0 Å². The first-order valence-corrected chi connectivity index (χ1v) is 10.2. The van der Waals surface area contributed by atoms with Crippen LogP contribution < -0.4 is 5.32 Å². The molecule has 166 valence electrons. The summed E-state index contributed by atoms with van der Waals surface area (Å²) in [7, 11) is 0. The number of carboxylic acid groups (broad SMARTS) is 1. The van der Waals surface area contributed by atoms with Crippen LogP contribution in [0.2, 0.25) is 5.02 Å². The number of fused-ring (bicyclic) bond motifs is 2. The second kappa shape index (κ2) is 9.53. The number of halogens is 4. The number of aliphatic carboxylic acids is 1. The second-order valence-corrected chi connectivity index (χ2v) is 8.39. The van der Waals surface area contributed by atoms with Gasteiger partial charge < -0.3 is 15.2 Å². The van der Waals surface area contributed by atoms with Gasteiger partial charge in [0.2, 0.25) is 5.91 Å². The normalized spacial score (nSPS) is 25.9. The Hall–Kier alpha value is -1.84. The third-order valence-corrected chi connectivity index (χ3v) is 5.65. The first-order chi connectivity index (χ1) is 14.1. The zero-order valence-electron chi connectivity index (χ0n) is 16.2. The molecule has 0 aromatic heterocycles. The van der Waals surface area contributed by atoms with Gasteiger partial charge in [0.05, 0.1) is 18.1 Å². The van der Waals surface area contributed by atoms with Gasteiger partial charge in [-0.3, -0.25) is 9.69 Å². The third kappa shape index (κ3) is 6.58. The van der Waals surface area contributed by atoms with Crippen LogP contribution in [0, 0.1) is 11.8 Å². The zero-order valence-corrected chi connectivity index (χ0v) is 17.0. The average molecular weight is 449 g/mol. The fourth-order valence-corrected chi connectivity index (χ4v) is 3.81. The van der Waals surface area contributed by atoms with Gasteiger partial charge in [0.15, 0.2) is 0 Å². The van der Waals surface area contributed by atoms with Crippen molar-refractivity contribution in [2.45, 2.75) is 44.2 Å². The number of amides is 1. The Morgan fingerprint density at radius 3 is 2.40 bits per heavy atom. The Balaban J connectivity index is 0.000000318. The standard InChI is InChI=1S/C18H23ClN2O2.C2HF3O2/c19-14-5-3-13(4-6-14)9-21-10-15-7-16(17(11-21)23-15)18(22)20-8-12-1-2-12;3-2(4,5)1(6)7/h3-6,12,15-17H,1-2,7-11H2,(H,20,22);(H,6,7)/t15-,16+,17-;/m1./s1. The van der Waals surface area contributed by atoms with Gasteiger partial charge in [-0.25, -0.2) is 4.79 Å². The molecule has 2 heterocycles. The first-order valence-electron chi connectivity index (χ1n) is 9.82. The Bertz CT molecular complexity index is 755. The van der Waals surface area contributed by atoms with Gasteiger partial charge in [-0.15, -0.1) is 0 Å². The van der Waals surface area contributed by atoms with E-state index in [4.69, 9.17) is 26.2 Å². The van der Waals surface area contributed by atoms with E-state index in [1.807, 2.05) is 12.1 Å². The van der Waals surface area contributed by atoms with Gasteiger partial charge >= 0.3 is 12.1 Å². The van der Waals surface area contributed by atoms with Crippen LogP contribution in [0.15, 0.2) is 24.3 Å². The van der Waals surface area contributed by atoms with Crippen molar-refractivity contribution >= 4 is 23.5 Å². The van der Waals surface area contributed by atoms with E-state index < -0.39 is 12.1 Å². The molecule has 6 nitrogen and oxygen atoms in total. The number of nitrogens with zero attached hydrogens (tertiary/aromatic N) is 1. The molecule has 1 amide bonds. The number of hydrogen-bond donors (Lipinski definition) is 2. The molecule has 0 unspecified atom stereocenters. The molecule has 2 bridgehead atoms. The van der Waals surface area contributed by atoms with E-state index in [2.05, 4.69) is 22.3 Å². The van der Waals surface area contributed by atoms with E-state index in [1.165, 1.54) is 18.4 Å². The number of carbonyl (C=O) groups excluding carboxylic acids is 1. The predicted octanol–water partition coefficient (Wildman–Crippen LogP) is 3.09. The molecular formula is C20H24ClF3N2O4. The van der Waals surface area contributed by atoms with Gasteiger partial charge in [0, 0.05) is 31.2 Å². The number of morpholine rings is 1. The molecular weight excluding hydrogens is 425 g/mol. The van der Waals surface area contributed by atoms with Gasteiger partial charge in [-0.1, -0.05) is 23.7 Å². The maximum absolute atomic E-state index is 12.4. The summed E-state index contributed by atoms with van der Waals surface area (Å²) in [6.07, 6.45) is -1.46. The molecule has 3 atom stereocenters. The minimum Gasteiger partial charge on any atom is -0.475 e. The summed E-state index contributed by atoms with van der Waals surface area (Å²) in [5.74, 6) is -1.82. The van der Waals surface area contributed by atoms with Crippen LogP contribution in [0.3, 0.4) is 0 Å². The zero-order chi connectivity index (χ0) is 21.9. The fraction of sp³-hybridized carbons (Fsp3) is 0.600. The van der Waals surface area contributed by atoms with Crippen molar-refractivity contribution in [2.75, 3.05) is 19.6 Å². The lowest BCUT2D eigenvalue weighted by Crippen LogP contribution is -2.45. The van der Waals surface area contributed by atoms with Crippen molar-refractivity contribution in [3.05, 3.63) is 34.9 Å². The lowest BCUT2D eigenvalue weighted by atomic mass is 9.99. The van der Waals surface area contributed by atoms with Crippen molar-refractivity contribution in [3.63, 3.8) is 0 Å². The maximum Gasteiger partial charge on any atom is 0.490 e. The average Bonchev–Trinajstić information content (AvgIpc) is 3.45. The molecule has 2 N–H and O–H groups in total. The van der Waals surface area contributed by atoms with Crippen LogP contribution >= 0.6 is 11.6 Å². The highest BCUT2D eigenvalue weighted by atomic mass is 35.5. The molecule has 2 aliphatic heterocycles. The molecule has 2 saturated heterocycles. The molecule has 3 aliphatic rings.